The van der Waals surface area contributed by atoms with E-state index in [2.05, 4.69) is 10.3 Å². The van der Waals surface area contributed by atoms with Crippen LogP contribution in [-0.2, 0) is 0 Å². The fourth-order valence-corrected chi connectivity index (χ4v) is 1.78. The Morgan fingerprint density at radius 3 is 2.44 bits per heavy atom. The molecule has 0 aliphatic carbocycles. The smallest absolute Gasteiger partial charge is 0.268 e. The highest BCUT2D eigenvalue weighted by atomic mass is 16.2. The minimum atomic E-state index is -0.224. The fraction of sp³-hybridized carbons (Fsp3) is 0.455. The third-order valence-corrected chi connectivity index (χ3v) is 2.45. The molecule has 0 aromatic carbocycles. The summed E-state index contributed by atoms with van der Waals surface area (Å²) in [4.78, 5) is 26.0. The first kappa shape index (κ1) is 12.4. The molecule has 0 atom stereocenters. The summed E-state index contributed by atoms with van der Waals surface area (Å²) in [6.07, 6.45) is 0. The van der Waals surface area contributed by atoms with Crippen LogP contribution >= 0.6 is 0 Å². The lowest BCUT2D eigenvalue weighted by atomic mass is 10.1. The summed E-state index contributed by atoms with van der Waals surface area (Å²) in [5.74, 6) is -0.261. The molecule has 0 unspecified atom stereocenters. The first-order chi connectivity index (χ1) is 7.49. The number of Topliss-reactive ketones (excluding diaryl/α,β-unsaturated/α-hetero) is 1. The van der Waals surface area contributed by atoms with Crippen molar-refractivity contribution in [2.45, 2.75) is 20.8 Å². The Balaban J connectivity index is 3.03. The van der Waals surface area contributed by atoms with Crippen LogP contribution in [0, 0.1) is 13.8 Å². The second-order valence-electron chi connectivity index (χ2n) is 3.73. The van der Waals surface area contributed by atoms with E-state index in [0.717, 1.165) is 5.69 Å². The molecule has 0 saturated heterocycles. The van der Waals surface area contributed by atoms with Gasteiger partial charge in [0.1, 0.15) is 5.69 Å². The molecule has 0 saturated carbocycles. The Hall–Kier alpha value is -1.62. The normalized spacial score (nSPS) is 10.2. The number of aromatic amines is 1. The summed E-state index contributed by atoms with van der Waals surface area (Å²) in [6, 6.07) is 0. The van der Waals surface area contributed by atoms with Crippen molar-refractivity contribution in [1.82, 2.24) is 10.3 Å². The largest absolute Gasteiger partial charge is 0.354 e. The maximum Gasteiger partial charge on any atom is 0.268 e. The van der Waals surface area contributed by atoms with Crippen LogP contribution in [0.2, 0.25) is 0 Å². The van der Waals surface area contributed by atoms with Gasteiger partial charge in [0, 0.05) is 24.3 Å². The first-order valence-electron chi connectivity index (χ1n) is 5.17. The number of amides is 1. The van der Waals surface area contributed by atoms with Crippen molar-refractivity contribution in [2.75, 3.05) is 13.1 Å². The van der Waals surface area contributed by atoms with Gasteiger partial charge in [0.25, 0.3) is 5.91 Å². The molecule has 5 heteroatoms. The predicted octanol–water partition coefficient (Wildman–Crippen LogP) is 0.523. The highest BCUT2D eigenvalue weighted by Gasteiger charge is 2.18. The Morgan fingerprint density at radius 1 is 1.38 bits per heavy atom. The summed E-state index contributed by atoms with van der Waals surface area (Å²) < 4.78 is 0. The highest BCUT2D eigenvalue weighted by molar-refractivity contribution is 6.02. The molecule has 4 N–H and O–H groups in total. The minimum Gasteiger partial charge on any atom is -0.354 e. The van der Waals surface area contributed by atoms with Crippen molar-refractivity contribution < 1.29 is 9.59 Å². The Labute approximate surface area is 94.4 Å². The van der Waals surface area contributed by atoms with Gasteiger partial charge in [-0.2, -0.15) is 0 Å². The number of hydrogen-bond acceptors (Lipinski definition) is 3. The van der Waals surface area contributed by atoms with Crippen LogP contribution in [0.15, 0.2) is 0 Å². The van der Waals surface area contributed by atoms with E-state index in [-0.39, 0.29) is 11.7 Å². The Bertz CT molecular complexity index is 421. The SMILES string of the molecule is CC(=O)c1c(C)[nH]c(C(=O)NCCN)c1C. The number of H-pyrrole nitrogens is 1. The van der Waals surface area contributed by atoms with Crippen molar-refractivity contribution >= 4 is 11.7 Å². The summed E-state index contributed by atoms with van der Waals surface area (Å²) in [5.41, 5.74) is 7.75. The van der Waals surface area contributed by atoms with E-state index in [1.54, 1.807) is 13.8 Å². The number of aromatic nitrogens is 1. The fourth-order valence-electron chi connectivity index (χ4n) is 1.78. The topological polar surface area (TPSA) is 88.0 Å². The zero-order valence-electron chi connectivity index (χ0n) is 9.81. The van der Waals surface area contributed by atoms with Crippen molar-refractivity contribution in [1.29, 1.82) is 0 Å². The number of carbonyl (C=O) groups excluding carboxylic acids is 2. The third kappa shape index (κ3) is 2.30. The van der Waals surface area contributed by atoms with Gasteiger partial charge in [0.2, 0.25) is 0 Å². The molecule has 0 aliphatic rings. The van der Waals surface area contributed by atoms with Gasteiger partial charge in [0.05, 0.1) is 0 Å². The molecule has 0 aliphatic heterocycles. The van der Waals surface area contributed by atoms with Crippen LogP contribution in [0.3, 0.4) is 0 Å². The molecule has 16 heavy (non-hydrogen) atoms. The van der Waals surface area contributed by atoms with E-state index in [1.807, 2.05) is 0 Å². The Kier molecular flexibility index (Phi) is 3.84. The number of ketones is 1. The van der Waals surface area contributed by atoms with Crippen molar-refractivity contribution in [3.63, 3.8) is 0 Å². The standard InChI is InChI=1S/C11H17N3O2/c1-6-9(8(3)15)7(2)14-10(6)11(16)13-5-4-12/h14H,4-5,12H2,1-3H3,(H,13,16). The first-order valence-corrected chi connectivity index (χ1v) is 5.17. The van der Waals surface area contributed by atoms with Gasteiger partial charge in [0.15, 0.2) is 5.78 Å². The van der Waals surface area contributed by atoms with Gasteiger partial charge < -0.3 is 16.0 Å². The quantitative estimate of drug-likeness (QED) is 0.650. The molecule has 0 fully saturated rings. The van der Waals surface area contributed by atoms with Crippen molar-refractivity contribution in [3.05, 3.63) is 22.5 Å². The Morgan fingerprint density at radius 2 is 2.00 bits per heavy atom. The summed E-state index contributed by atoms with van der Waals surface area (Å²) in [5, 5.41) is 2.66. The third-order valence-electron chi connectivity index (χ3n) is 2.45. The lowest BCUT2D eigenvalue weighted by Crippen LogP contribution is -2.29. The van der Waals surface area contributed by atoms with Crippen molar-refractivity contribution in [2.24, 2.45) is 5.73 Å². The van der Waals surface area contributed by atoms with E-state index in [0.29, 0.717) is 29.9 Å². The zero-order valence-corrected chi connectivity index (χ0v) is 9.81. The van der Waals surface area contributed by atoms with Crippen LogP contribution in [0.4, 0.5) is 0 Å². The molecule has 0 bridgehead atoms. The van der Waals surface area contributed by atoms with E-state index in [4.69, 9.17) is 5.73 Å². The lowest BCUT2D eigenvalue weighted by Gasteiger charge is -2.02. The molecule has 0 radical (unpaired) electrons. The van der Waals surface area contributed by atoms with Crippen LogP contribution in [-0.4, -0.2) is 29.8 Å². The molecule has 1 aromatic heterocycles. The highest BCUT2D eigenvalue weighted by Crippen LogP contribution is 2.18. The number of aryl methyl sites for hydroxylation is 1. The van der Waals surface area contributed by atoms with E-state index in [1.165, 1.54) is 6.92 Å². The zero-order chi connectivity index (χ0) is 12.3. The number of carbonyl (C=O) groups is 2. The summed E-state index contributed by atoms with van der Waals surface area (Å²) >= 11 is 0. The predicted molar refractivity (Wildman–Crippen MR) is 61.7 cm³/mol. The number of nitrogens with two attached hydrogens (primary N) is 1. The lowest BCUT2D eigenvalue weighted by molar-refractivity contribution is 0.0949. The van der Waals surface area contributed by atoms with Crippen LogP contribution < -0.4 is 11.1 Å². The molecule has 1 heterocycles. The van der Waals surface area contributed by atoms with Crippen molar-refractivity contribution in [3.8, 4) is 0 Å². The number of hydrogen-bond donors (Lipinski definition) is 3. The molecular formula is C11H17N3O2. The molecule has 1 amide bonds. The molecular weight excluding hydrogens is 206 g/mol. The van der Waals surface area contributed by atoms with Crippen LogP contribution in [0.5, 0.6) is 0 Å². The molecule has 1 rings (SSSR count). The van der Waals surface area contributed by atoms with Gasteiger partial charge in [-0.1, -0.05) is 0 Å². The molecule has 88 valence electrons. The van der Waals surface area contributed by atoms with E-state index < -0.39 is 0 Å². The summed E-state index contributed by atoms with van der Waals surface area (Å²) in [7, 11) is 0. The van der Waals surface area contributed by atoms with Gasteiger partial charge in [-0.25, -0.2) is 0 Å². The molecule has 1 aromatic rings. The second-order valence-corrected chi connectivity index (χ2v) is 3.73. The van der Waals surface area contributed by atoms with Crippen LogP contribution in [0.25, 0.3) is 0 Å². The van der Waals surface area contributed by atoms with Gasteiger partial charge in [-0.3, -0.25) is 9.59 Å². The summed E-state index contributed by atoms with van der Waals surface area (Å²) in [6.45, 7) is 5.85. The van der Waals surface area contributed by atoms with Gasteiger partial charge in [-0.15, -0.1) is 0 Å². The average molecular weight is 223 g/mol. The minimum absolute atomic E-state index is 0.0378. The molecule has 5 nitrogen and oxygen atoms in total. The molecule has 0 spiro atoms. The van der Waals surface area contributed by atoms with Gasteiger partial charge in [-0.05, 0) is 26.3 Å². The number of nitrogens with one attached hydrogen (secondary N) is 2. The monoisotopic (exact) mass is 223 g/mol. The number of rotatable bonds is 4. The maximum atomic E-state index is 11.7. The second kappa shape index (κ2) is 4.94. The van der Waals surface area contributed by atoms with Gasteiger partial charge >= 0.3 is 0 Å². The van der Waals surface area contributed by atoms with E-state index in [9.17, 15) is 9.59 Å². The van der Waals surface area contributed by atoms with E-state index >= 15 is 0 Å². The van der Waals surface area contributed by atoms with Crippen LogP contribution in [0.1, 0.15) is 39.0 Å². The average Bonchev–Trinajstić information content (AvgIpc) is 2.50. The maximum absolute atomic E-state index is 11.7.